The number of hydrogen-bond donors (Lipinski definition) is 4. The van der Waals surface area contributed by atoms with Crippen molar-refractivity contribution in [1.29, 1.82) is 0 Å². The van der Waals surface area contributed by atoms with Crippen molar-refractivity contribution in [2.75, 3.05) is 18.8 Å². The standard InChI is InChI=1S/C10H16N2O5S/c13-7(2-1-3-10(16)17)4-11-8(14)5-12-9(15)6-18/h18H,1-6H2,(H,11,14)(H,12,15)(H,16,17). The molecule has 0 saturated heterocycles. The van der Waals surface area contributed by atoms with Crippen LogP contribution in [0, 0.1) is 0 Å². The molecule has 0 aromatic rings. The lowest BCUT2D eigenvalue weighted by Crippen LogP contribution is -2.39. The molecule has 0 aromatic heterocycles. The lowest BCUT2D eigenvalue weighted by molar-refractivity contribution is -0.137. The number of rotatable bonds is 9. The zero-order chi connectivity index (χ0) is 14.0. The monoisotopic (exact) mass is 276 g/mol. The van der Waals surface area contributed by atoms with Crippen molar-refractivity contribution in [3.05, 3.63) is 0 Å². The fourth-order valence-corrected chi connectivity index (χ4v) is 1.13. The van der Waals surface area contributed by atoms with E-state index in [-0.39, 0.29) is 49.8 Å². The minimum absolute atomic E-state index is 0.0125. The molecule has 0 aliphatic heterocycles. The average molecular weight is 276 g/mol. The van der Waals surface area contributed by atoms with E-state index >= 15 is 0 Å². The summed E-state index contributed by atoms with van der Waals surface area (Å²) in [5.41, 5.74) is 0. The van der Waals surface area contributed by atoms with Crippen molar-refractivity contribution in [3.63, 3.8) is 0 Å². The summed E-state index contributed by atoms with van der Waals surface area (Å²) in [4.78, 5) is 43.3. The summed E-state index contributed by atoms with van der Waals surface area (Å²) < 4.78 is 0. The molecule has 0 radical (unpaired) electrons. The third kappa shape index (κ3) is 9.64. The second-order valence-electron chi connectivity index (χ2n) is 3.50. The van der Waals surface area contributed by atoms with Gasteiger partial charge >= 0.3 is 5.97 Å². The highest BCUT2D eigenvalue weighted by atomic mass is 32.1. The first-order valence-electron chi connectivity index (χ1n) is 5.33. The van der Waals surface area contributed by atoms with E-state index in [0.717, 1.165) is 0 Å². The molecule has 8 heteroatoms. The molecule has 0 heterocycles. The van der Waals surface area contributed by atoms with Gasteiger partial charge < -0.3 is 15.7 Å². The van der Waals surface area contributed by atoms with E-state index in [1.54, 1.807) is 0 Å². The molecule has 7 nitrogen and oxygen atoms in total. The van der Waals surface area contributed by atoms with Crippen LogP contribution in [0.15, 0.2) is 0 Å². The Hall–Kier alpha value is -1.57. The molecular weight excluding hydrogens is 260 g/mol. The first-order chi connectivity index (χ1) is 8.45. The number of carboxylic acid groups (broad SMARTS) is 1. The molecule has 0 bridgehead atoms. The fraction of sp³-hybridized carbons (Fsp3) is 0.600. The van der Waals surface area contributed by atoms with Gasteiger partial charge in [0.1, 0.15) is 0 Å². The van der Waals surface area contributed by atoms with Crippen molar-refractivity contribution in [3.8, 4) is 0 Å². The highest BCUT2D eigenvalue weighted by Gasteiger charge is 2.07. The van der Waals surface area contributed by atoms with Gasteiger partial charge in [0, 0.05) is 12.8 Å². The first-order valence-corrected chi connectivity index (χ1v) is 5.96. The molecular formula is C10H16N2O5S. The van der Waals surface area contributed by atoms with Crippen molar-refractivity contribution in [1.82, 2.24) is 10.6 Å². The summed E-state index contributed by atoms with van der Waals surface area (Å²) in [5.74, 6) is -2.06. The van der Waals surface area contributed by atoms with Crippen molar-refractivity contribution >= 4 is 36.2 Å². The Labute approximate surface area is 110 Å². The molecule has 0 aliphatic rings. The van der Waals surface area contributed by atoms with Gasteiger partial charge in [-0.1, -0.05) is 0 Å². The molecule has 0 spiro atoms. The molecule has 102 valence electrons. The SMILES string of the molecule is O=C(O)CCCC(=O)CNC(=O)CNC(=O)CS. The van der Waals surface area contributed by atoms with Crippen LogP contribution in [0.25, 0.3) is 0 Å². The Morgan fingerprint density at radius 2 is 1.56 bits per heavy atom. The van der Waals surface area contributed by atoms with E-state index in [1.165, 1.54) is 0 Å². The van der Waals surface area contributed by atoms with Crippen LogP contribution in [0.4, 0.5) is 0 Å². The summed E-state index contributed by atoms with van der Waals surface area (Å²) in [5, 5.41) is 13.0. The number of nitrogens with one attached hydrogen (secondary N) is 2. The quantitative estimate of drug-likeness (QED) is 0.402. The maximum Gasteiger partial charge on any atom is 0.303 e. The number of carbonyl (C=O) groups excluding carboxylic acids is 3. The Morgan fingerprint density at radius 3 is 2.11 bits per heavy atom. The number of ketones is 1. The van der Waals surface area contributed by atoms with Crippen LogP contribution >= 0.6 is 12.6 Å². The number of amides is 2. The summed E-state index contributed by atoms with van der Waals surface area (Å²) in [6, 6.07) is 0. The molecule has 0 fully saturated rings. The van der Waals surface area contributed by atoms with E-state index in [9.17, 15) is 19.2 Å². The lowest BCUT2D eigenvalue weighted by Gasteiger charge is -2.05. The first kappa shape index (κ1) is 16.4. The molecule has 0 aromatic carbocycles. The van der Waals surface area contributed by atoms with Crippen LogP contribution in [0.3, 0.4) is 0 Å². The van der Waals surface area contributed by atoms with Crippen LogP contribution in [-0.4, -0.2) is 47.5 Å². The van der Waals surface area contributed by atoms with E-state index in [4.69, 9.17) is 5.11 Å². The topological polar surface area (TPSA) is 113 Å². The smallest absolute Gasteiger partial charge is 0.303 e. The minimum Gasteiger partial charge on any atom is -0.481 e. The summed E-state index contributed by atoms with van der Waals surface area (Å²) in [6.45, 7) is -0.364. The molecule has 3 N–H and O–H groups in total. The van der Waals surface area contributed by atoms with Gasteiger partial charge in [-0.2, -0.15) is 12.6 Å². The average Bonchev–Trinajstić information content (AvgIpc) is 2.32. The molecule has 0 rings (SSSR count). The van der Waals surface area contributed by atoms with Crippen molar-refractivity contribution in [2.45, 2.75) is 19.3 Å². The highest BCUT2D eigenvalue weighted by Crippen LogP contribution is 1.95. The van der Waals surface area contributed by atoms with Gasteiger partial charge in [-0.15, -0.1) is 0 Å². The summed E-state index contributed by atoms with van der Waals surface area (Å²) in [6.07, 6.45) is 0.285. The number of Topliss-reactive ketones (excluding diaryl/α,β-unsaturated/α-hetero) is 1. The number of hydrogen-bond acceptors (Lipinski definition) is 5. The molecule has 0 atom stereocenters. The van der Waals surface area contributed by atoms with Crippen LogP contribution in [-0.2, 0) is 19.2 Å². The van der Waals surface area contributed by atoms with Crippen LogP contribution < -0.4 is 10.6 Å². The normalized spacial score (nSPS) is 9.61. The third-order valence-corrected chi connectivity index (χ3v) is 2.21. The van der Waals surface area contributed by atoms with E-state index in [0.29, 0.717) is 0 Å². The number of thiol groups is 1. The Kier molecular flexibility index (Phi) is 8.63. The van der Waals surface area contributed by atoms with Crippen LogP contribution in [0.1, 0.15) is 19.3 Å². The van der Waals surface area contributed by atoms with Crippen molar-refractivity contribution < 1.29 is 24.3 Å². The van der Waals surface area contributed by atoms with E-state index in [1.807, 2.05) is 0 Å². The van der Waals surface area contributed by atoms with Gasteiger partial charge in [0.15, 0.2) is 5.78 Å². The van der Waals surface area contributed by atoms with E-state index < -0.39 is 11.9 Å². The molecule has 0 saturated carbocycles. The number of carbonyl (C=O) groups is 4. The fourth-order valence-electron chi connectivity index (χ4n) is 1.02. The highest BCUT2D eigenvalue weighted by molar-refractivity contribution is 7.81. The van der Waals surface area contributed by atoms with E-state index in [2.05, 4.69) is 23.3 Å². The molecule has 0 aliphatic carbocycles. The zero-order valence-corrected chi connectivity index (χ0v) is 10.7. The third-order valence-electron chi connectivity index (χ3n) is 1.92. The van der Waals surface area contributed by atoms with Crippen LogP contribution in [0.5, 0.6) is 0 Å². The lowest BCUT2D eigenvalue weighted by atomic mass is 10.2. The Bertz CT molecular complexity index is 332. The van der Waals surface area contributed by atoms with Gasteiger partial charge in [-0.25, -0.2) is 0 Å². The van der Waals surface area contributed by atoms with Gasteiger partial charge in [0.25, 0.3) is 0 Å². The maximum absolute atomic E-state index is 11.2. The maximum atomic E-state index is 11.2. The largest absolute Gasteiger partial charge is 0.481 e. The summed E-state index contributed by atoms with van der Waals surface area (Å²) in [7, 11) is 0. The number of aliphatic carboxylic acids is 1. The predicted octanol–water partition coefficient (Wildman–Crippen LogP) is -1.03. The molecule has 2 amide bonds. The van der Waals surface area contributed by atoms with Gasteiger partial charge in [-0.05, 0) is 6.42 Å². The number of carboxylic acids is 1. The second kappa shape index (κ2) is 9.46. The Balaban J connectivity index is 3.62. The minimum atomic E-state index is -0.957. The van der Waals surface area contributed by atoms with Crippen molar-refractivity contribution in [2.24, 2.45) is 0 Å². The predicted molar refractivity (Wildman–Crippen MR) is 66.4 cm³/mol. The Morgan fingerprint density at radius 1 is 0.944 bits per heavy atom. The van der Waals surface area contributed by atoms with Gasteiger partial charge in [-0.3, -0.25) is 19.2 Å². The van der Waals surface area contributed by atoms with Gasteiger partial charge in [0.05, 0.1) is 18.8 Å². The molecule has 18 heavy (non-hydrogen) atoms. The van der Waals surface area contributed by atoms with Gasteiger partial charge in [0.2, 0.25) is 11.8 Å². The second-order valence-corrected chi connectivity index (χ2v) is 3.81. The summed E-state index contributed by atoms with van der Waals surface area (Å²) >= 11 is 3.71. The zero-order valence-electron chi connectivity index (χ0n) is 9.77. The van der Waals surface area contributed by atoms with Crippen LogP contribution in [0.2, 0.25) is 0 Å². The molecule has 0 unspecified atom stereocenters.